The molecule has 0 spiro atoms. The van der Waals surface area contributed by atoms with Gasteiger partial charge >= 0.3 is 0 Å². The molecule has 3 heterocycles. The highest BCUT2D eigenvalue weighted by Gasteiger charge is 2.35. The first-order valence-electron chi connectivity index (χ1n) is 7.73. The molecule has 3 aromatic rings. The van der Waals surface area contributed by atoms with E-state index < -0.39 is 0 Å². The predicted molar refractivity (Wildman–Crippen MR) is 86.7 cm³/mol. The van der Waals surface area contributed by atoms with Crippen molar-refractivity contribution in [3.05, 3.63) is 60.3 Å². The molecule has 0 aliphatic carbocycles. The SMILES string of the molecule is CN1Cc2nnc(-c3cnccn3)n2[C@H](Cc2ccccc2)C1=O. The Morgan fingerprint density at radius 1 is 1.17 bits per heavy atom. The summed E-state index contributed by atoms with van der Waals surface area (Å²) in [6.45, 7) is 0.442. The first kappa shape index (κ1) is 14.5. The first-order valence-corrected chi connectivity index (χ1v) is 7.73. The van der Waals surface area contributed by atoms with Crippen LogP contribution >= 0.6 is 0 Å². The summed E-state index contributed by atoms with van der Waals surface area (Å²) in [6, 6.07) is 9.58. The van der Waals surface area contributed by atoms with E-state index in [-0.39, 0.29) is 11.9 Å². The van der Waals surface area contributed by atoms with Crippen LogP contribution in [0.2, 0.25) is 0 Å². The Bertz CT molecular complexity index is 861. The van der Waals surface area contributed by atoms with Crippen molar-refractivity contribution in [2.24, 2.45) is 0 Å². The van der Waals surface area contributed by atoms with Gasteiger partial charge in [0, 0.05) is 25.9 Å². The molecule has 0 saturated heterocycles. The Balaban J connectivity index is 1.80. The molecular formula is C17H16N6O. The van der Waals surface area contributed by atoms with Crippen LogP contribution in [-0.4, -0.2) is 42.6 Å². The van der Waals surface area contributed by atoms with Crippen LogP contribution in [0.1, 0.15) is 17.4 Å². The summed E-state index contributed by atoms with van der Waals surface area (Å²) in [7, 11) is 1.79. The fourth-order valence-electron chi connectivity index (χ4n) is 3.02. The molecule has 0 radical (unpaired) electrons. The molecule has 0 bridgehead atoms. The molecule has 120 valence electrons. The smallest absolute Gasteiger partial charge is 0.246 e. The maximum Gasteiger partial charge on any atom is 0.246 e. The monoisotopic (exact) mass is 320 g/mol. The van der Waals surface area contributed by atoms with E-state index in [9.17, 15) is 4.79 Å². The third-order valence-electron chi connectivity index (χ3n) is 4.18. The van der Waals surface area contributed by atoms with E-state index in [1.807, 2.05) is 34.9 Å². The van der Waals surface area contributed by atoms with Crippen LogP contribution in [0.3, 0.4) is 0 Å². The molecule has 7 nitrogen and oxygen atoms in total. The van der Waals surface area contributed by atoms with Crippen molar-refractivity contribution in [3.63, 3.8) is 0 Å². The largest absolute Gasteiger partial charge is 0.336 e. The third kappa shape index (κ3) is 2.44. The Morgan fingerprint density at radius 2 is 2.00 bits per heavy atom. The number of amides is 1. The summed E-state index contributed by atoms with van der Waals surface area (Å²) in [6.07, 6.45) is 5.44. The van der Waals surface area contributed by atoms with E-state index in [4.69, 9.17) is 0 Å². The number of hydrogen-bond acceptors (Lipinski definition) is 5. The molecule has 24 heavy (non-hydrogen) atoms. The number of hydrogen-bond donors (Lipinski definition) is 0. The lowest BCUT2D eigenvalue weighted by molar-refractivity contribution is -0.135. The van der Waals surface area contributed by atoms with E-state index in [0.717, 1.165) is 11.4 Å². The molecule has 1 atom stereocenters. The standard InChI is InChI=1S/C17H16N6O/c1-22-11-15-20-21-16(13-10-18-7-8-19-13)23(15)14(17(22)24)9-12-5-3-2-4-6-12/h2-8,10,14H,9,11H2,1H3/t14-/m1/s1. The first-order chi connectivity index (χ1) is 11.7. The average Bonchev–Trinajstić information content (AvgIpc) is 3.04. The highest BCUT2D eigenvalue weighted by molar-refractivity contribution is 5.82. The van der Waals surface area contributed by atoms with Gasteiger partial charge in [-0.1, -0.05) is 30.3 Å². The van der Waals surface area contributed by atoms with Crippen LogP contribution in [-0.2, 0) is 17.8 Å². The molecule has 0 saturated carbocycles. The van der Waals surface area contributed by atoms with E-state index in [2.05, 4.69) is 20.2 Å². The zero-order valence-corrected chi connectivity index (χ0v) is 13.2. The quantitative estimate of drug-likeness (QED) is 0.731. The third-order valence-corrected chi connectivity index (χ3v) is 4.18. The van der Waals surface area contributed by atoms with Gasteiger partial charge in [-0.25, -0.2) is 4.98 Å². The summed E-state index contributed by atoms with van der Waals surface area (Å²) in [4.78, 5) is 22.9. The topological polar surface area (TPSA) is 76.8 Å². The normalized spacial score (nSPS) is 17.0. The maximum atomic E-state index is 12.8. The van der Waals surface area contributed by atoms with E-state index in [1.54, 1.807) is 30.5 Å². The van der Waals surface area contributed by atoms with Crippen molar-refractivity contribution >= 4 is 5.91 Å². The lowest BCUT2D eigenvalue weighted by Crippen LogP contribution is -2.41. The second-order valence-electron chi connectivity index (χ2n) is 5.80. The summed E-state index contributed by atoms with van der Waals surface area (Å²) in [5.41, 5.74) is 1.71. The minimum atomic E-state index is -0.381. The molecule has 2 aromatic heterocycles. The number of aromatic nitrogens is 5. The highest BCUT2D eigenvalue weighted by Crippen LogP contribution is 2.29. The van der Waals surface area contributed by atoms with Gasteiger partial charge in [0.25, 0.3) is 0 Å². The molecule has 7 heteroatoms. The van der Waals surface area contributed by atoms with Gasteiger partial charge in [-0.05, 0) is 5.56 Å². The molecule has 1 amide bonds. The second-order valence-corrected chi connectivity index (χ2v) is 5.80. The number of carbonyl (C=O) groups is 1. The summed E-state index contributed by atoms with van der Waals surface area (Å²) >= 11 is 0. The zero-order chi connectivity index (χ0) is 16.5. The van der Waals surface area contributed by atoms with Gasteiger partial charge in [0.05, 0.1) is 12.7 Å². The van der Waals surface area contributed by atoms with Gasteiger partial charge < -0.3 is 4.90 Å². The van der Waals surface area contributed by atoms with Crippen LogP contribution in [0.15, 0.2) is 48.9 Å². The van der Waals surface area contributed by atoms with E-state index >= 15 is 0 Å². The van der Waals surface area contributed by atoms with Crippen LogP contribution in [0.25, 0.3) is 11.5 Å². The van der Waals surface area contributed by atoms with Crippen LogP contribution in [0.4, 0.5) is 0 Å². The molecule has 4 rings (SSSR count). The van der Waals surface area contributed by atoms with Gasteiger partial charge in [-0.3, -0.25) is 14.3 Å². The molecule has 1 aliphatic heterocycles. The summed E-state index contributed by atoms with van der Waals surface area (Å²) in [5.74, 6) is 1.40. The van der Waals surface area contributed by atoms with Gasteiger partial charge in [0.15, 0.2) is 11.6 Å². The minimum Gasteiger partial charge on any atom is -0.336 e. The van der Waals surface area contributed by atoms with Crippen molar-refractivity contribution < 1.29 is 4.79 Å². The fraction of sp³-hybridized carbons (Fsp3) is 0.235. The Hall–Kier alpha value is -3.09. The van der Waals surface area contributed by atoms with Crippen LogP contribution in [0, 0.1) is 0 Å². The molecule has 0 fully saturated rings. The van der Waals surface area contributed by atoms with Crippen molar-refractivity contribution in [3.8, 4) is 11.5 Å². The Labute approximate surface area is 139 Å². The van der Waals surface area contributed by atoms with Crippen molar-refractivity contribution in [2.45, 2.75) is 19.0 Å². The number of nitrogens with zero attached hydrogens (tertiary/aromatic N) is 6. The van der Waals surface area contributed by atoms with Gasteiger partial charge in [-0.2, -0.15) is 0 Å². The number of likely N-dealkylation sites (N-methyl/N-ethyl adjacent to an activating group) is 1. The maximum absolute atomic E-state index is 12.8. The molecule has 1 aromatic carbocycles. The minimum absolute atomic E-state index is 0.0521. The van der Waals surface area contributed by atoms with Crippen molar-refractivity contribution in [1.29, 1.82) is 0 Å². The number of benzene rings is 1. The van der Waals surface area contributed by atoms with Crippen LogP contribution in [0.5, 0.6) is 0 Å². The Kier molecular flexibility index (Phi) is 3.53. The molecule has 0 unspecified atom stereocenters. The van der Waals surface area contributed by atoms with Gasteiger partial charge in [-0.15, -0.1) is 10.2 Å². The van der Waals surface area contributed by atoms with Crippen molar-refractivity contribution in [2.75, 3.05) is 7.05 Å². The van der Waals surface area contributed by atoms with Crippen LogP contribution < -0.4 is 0 Å². The second kappa shape index (κ2) is 5.84. The summed E-state index contributed by atoms with van der Waals surface area (Å²) < 4.78 is 1.90. The lowest BCUT2D eigenvalue weighted by Gasteiger charge is -2.31. The van der Waals surface area contributed by atoms with E-state index in [0.29, 0.717) is 24.5 Å². The molecular weight excluding hydrogens is 304 g/mol. The predicted octanol–water partition coefficient (Wildman–Crippen LogP) is 1.49. The fourth-order valence-corrected chi connectivity index (χ4v) is 3.02. The summed E-state index contributed by atoms with van der Waals surface area (Å²) in [5, 5.41) is 8.52. The molecule has 0 N–H and O–H groups in total. The van der Waals surface area contributed by atoms with Crippen molar-refractivity contribution in [1.82, 2.24) is 29.6 Å². The highest BCUT2D eigenvalue weighted by atomic mass is 16.2. The zero-order valence-electron chi connectivity index (χ0n) is 13.2. The lowest BCUT2D eigenvalue weighted by atomic mass is 10.0. The Morgan fingerprint density at radius 3 is 2.75 bits per heavy atom. The van der Waals surface area contributed by atoms with E-state index in [1.165, 1.54) is 0 Å². The molecule has 1 aliphatic rings. The number of fused-ring (bicyclic) bond motifs is 1. The average molecular weight is 320 g/mol. The van der Waals surface area contributed by atoms with Gasteiger partial charge in [0.1, 0.15) is 11.7 Å². The number of carbonyl (C=O) groups excluding carboxylic acids is 1. The number of rotatable bonds is 3. The van der Waals surface area contributed by atoms with Gasteiger partial charge in [0.2, 0.25) is 5.91 Å².